The Balaban J connectivity index is 0.000000316. The third-order valence-electron chi connectivity index (χ3n) is 3.17. The molecule has 0 spiro atoms. The summed E-state index contributed by atoms with van der Waals surface area (Å²) in [7, 11) is 0. The molecule has 0 fully saturated rings. The van der Waals surface area contributed by atoms with Crippen LogP contribution in [0.1, 0.15) is 25.0 Å². The number of rotatable bonds is 4. The van der Waals surface area contributed by atoms with Gasteiger partial charge in [0.25, 0.3) is 0 Å². The van der Waals surface area contributed by atoms with Crippen LogP contribution in [0.15, 0.2) is 55.1 Å². The highest BCUT2D eigenvalue weighted by atomic mass is 79.9. The molecule has 2 aromatic carbocycles. The first-order valence-corrected chi connectivity index (χ1v) is 12.3. The van der Waals surface area contributed by atoms with E-state index in [0.717, 1.165) is 35.7 Å². The van der Waals surface area contributed by atoms with Gasteiger partial charge >= 0.3 is 12.4 Å². The maximum atomic E-state index is 12.5. The monoisotopic (exact) mass is 628 g/mol. The number of ether oxygens (including phenoxy) is 1. The Kier molecular flexibility index (Phi) is 11.7. The second-order valence-electron chi connectivity index (χ2n) is 5.56. The van der Waals surface area contributed by atoms with Gasteiger partial charge in [-0.2, -0.15) is 26.3 Å². The predicted octanol–water partition coefficient (Wildman–Crippen LogP) is 9.46. The minimum atomic E-state index is -4.37. The summed E-state index contributed by atoms with van der Waals surface area (Å²) in [5.41, 5.74) is -1.32. The van der Waals surface area contributed by atoms with Gasteiger partial charge < -0.3 is 4.74 Å². The Labute approximate surface area is 206 Å². The van der Waals surface area contributed by atoms with Crippen LogP contribution in [0.25, 0.3) is 0 Å². The summed E-state index contributed by atoms with van der Waals surface area (Å²) >= 11 is 13.3. The lowest BCUT2D eigenvalue weighted by Crippen LogP contribution is -2.05. The van der Waals surface area contributed by atoms with Crippen LogP contribution in [0.4, 0.5) is 26.3 Å². The third-order valence-corrected chi connectivity index (χ3v) is 6.07. The van der Waals surface area contributed by atoms with Crippen LogP contribution in [0.2, 0.25) is 0 Å². The number of benzene rings is 2. The van der Waals surface area contributed by atoms with Crippen molar-refractivity contribution >= 4 is 72.0 Å². The summed E-state index contributed by atoms with van der Waals surface area (Å²) < 4.78 is 80.7. The first-order chi connectivity index (χ1) is 14.3. The van der Waals surface area contributed by atoms with E-state index < -0.39 is 23.5 Å². The molecular formula is C19H16Br2F6OS3. The van der Waals surface area contributed by atoms with Crippen molar-refractivity contribution in [1.29, 1.82) is 0 Å². The predicted molar refractivity (Wildman–Crippen MR) is 125 cm³/mol. The van der Waals surface area contributed by atoms with Crippen LogP contribution >= 0.6 is 67.6 Å². The second kappa shape index (κ2) is 12.7. The fourth-order valence-corrected chi connectivity index (χ4v) is 5.20. The molecule has 2 rings (SSSR count). The zero-order valence-electron chi connectivity index (χ0n) is 16.0. The van der Waals surface area contributed by atoms with Gasteiger partial charge in [0.1, 0.15) is 0 Å². The zero-order valence-corrected chi connectivity index (χ0v) is 21.7. The number of alkyl halides is 6. The van der Waals surface area contributed by atoms with E-state index in [1.54, 1.807) is 19.1 Å². The van der Waals surface area contributed by atoms with E-state index in [2.05, 4.69) is 31.9 Å². The van der Waals surface area contributed by atoms with Crippen molar-refractivity contribution in [2.24, 2.45) is 0 Å². The molecule has 0 saturated heterocycles. The van der Waals surface area contributed by atoms with E-state index in [0.29, 0.717) is 25.3 Å². The van der Waals surface area contributed by atoms with Gasteiger partial charge in [-0.15, -0.1) is 11.8 Å². The van der Waals surface area contributed by atoms with Crippen LogP contribution in [-0.4, -0.2) is 16.7 Å². The van der Waals surface area contributed by atoms with Gasteiger partial charge in [-0.05, 0) is 73.1 Å². The molecule has 0 aromatic heterocycles. The lowest BCUT2D eigenvalue weighted by atomic mass is 10.2. The highest BCUT2D eigenvalue weighted by molar-refractivity contribution is 9.10. The fraction of sp³-hybridized carbons (Fsp3) is 0.316. The summed E-state index contributed by atoms with van der Waals surface area (Å²) in [6.07, 6.45) is -8.64. The first kappa shape index (κ1) is 28.6. The van der Waals surface area contributed by atoms with Gasteiger partial charge in [-0.1, -0.05) is 38.8 Å². The molecule has 172 valence electrons. The number of hydrogen-bond donors (Lipinski definition) is 0. The molecule has 0 unspecified atom stereocenters. The molecule has 31 heavy (non-hydrogen) atoms. The minimum absolute atomic E-state index is 0.207. The maximum absolute atomic E-state index is 12.5. The molecular weight excluding hydrogens is 614 g/mol. The normalized spacial score (nSPS) is 11.5. The van der Waals surface area contributed by atoms with Crippen molar-refractivity contribution in [2.45, 2.75) is 36.0 Å². The molecule has 0 N–H and O–H groups in total. The second-order valence-corrected chi connectivity index (χ2v) is 10.4. The molecule has 0 aliphatic heterocycles. The SMILES string of the molecule is CCOC(=S)Sc1cc(Br)cc(C(F)(F)F)c1.CCSc1cc(Br)cc(C(F)(F)F)c1. The molecule has 0 atom stereocenters. The largest absolute Gasteiger partial charge is 0.479 e. The summed E-state index contributed by atoms with van der Waals surface area (Å²) in [6, 6.07) is 7.56. The van der Waals surface area contributed by atoms with Crippen molar-refractivity contribution in [2.75, 3.05) is 12.4 Å². The van der Waals surface area contributed by atoms with Crippen molar-refractivity contribution in [3.63, 3.8) is 0 Å². The van der Waals surface area contributed by atoms with Crippen LogP contribution in [0.3, 0.4) is 0 Å². The fourth-order valence-electron chi connectivity index (χ4n) is 2.01. The van der Waals surface area contributed by atoms with Crippen molar-refractivity contribution in [1.82, 2.24) is 0 Å². The molecule has 0 saturated carbocycles. The van der Waals surface area contributed by atoms with Gasteiger partial charge in [-0.3, -0.25) is 0 Å². The van der Waals surface area contributed by atoms with E-state index in [4.69, 9.17) is 17.0 Å². The van der Waals surface area contributed by atoms with Crippen LogP contribution in [0, 0.1) is 0 Å². The Morgan fingerprint density at radius 1 is 0.839 bits per heavy atom. The van der Waals surface area contributed by atoms with Gasteiger partial charge in [-0.25, -0.2) is 0 Å². The summed E-state index contributed by atoms with van der Waals surface area (Å²) in [6.45, 7) is 4.06. The van der Waals surface area contributed by atoms with E-state index in [9.17, 15) is 26.3 Å². The Morgan fingerprint density at radius 2 is 1.29 bits per heavy atom. The van der Waals surface area contributed by atoms with E-state index in [1.807, 2.05) is 6.92 Å². The number of thiocarbonyl (C=S) groups is 1. The van der Waals surface area contributed by atoms with Gasteiger partial charge in [0, 0.05) is 18.7 Å². The molecule has 0 heterocycles. The standard InChI is InChI=1S/C10H8BrF3OS2.C9H8BrF3S/c1-2-15-9(16)17-8-4-6(10(12,13)14)3-7(11)5-8;1-2-14-8-4-6(9(11,12)13)3-7(10)5-8/h3-5H,2H2,1H3;3-5H,2H2,1H3. The molecule has 1 nitrogen and oxygen atoms in total. The number of halogens is 8. The van der Waals surface area contributed by atoms with Crippen LogP contribution < -0.4 is 0 Å². The lowest BCUT2D eigenvalue weighted by Gasteiger charge is -2.10. The number of hydrogen-bond acceptors (Lipinski definition) is 4. The van der Waals surface area contributed by atoms with Crippen LogP contribution in [0.5, 0.6) is 0 Å². The average Bonchev–Trinajstić information content (AvgIpc) is 2.60. The lowest BCUT2D eigenvalue weighted by molar-refractivity contribution is -0.138. The van der Waals surface area contributed by atoms with Gasteiger partial charge in [0.2, 0.25) is 4.38 Å². The highest BCUT2D eigenvalue weighted by Crippen LogP contribution is 2.36. The minimum Gasteiger partial charge on any atom is -0.479 e. The quantitative estimate of drug-likeness (QED) is 0.189. The molecule has 0 bridgehead atoms. The van der Waals surface area contributed by atoms with Crippen molar-refractivity contribution in [3.8, 4) is 0 Å². The zero-order chi connectivity index (χ0) is 23.8. The van der Waals surface area contributed by atoms with Gasteiger partial charge in [0.05, 0.1) is 17.7 Å². The molecule has 2 aromatic rings. The molecule has 0 radical (unpaired) electrons. The smallest absolute Gasteiger partial charge is 0.416 e. The molecule has 0 aliphatic carbocycles. The van der Waals surface area contributed by atoms with E-state index in [1.165, 1.54) is 17.8 Å². The Hall–Kier alpha value is -0.430. The number of thioether (sulfide) groups is 2. The molecule has 0 aliphatic rings. The first-order valence-electron chi connectivity index (χ1n) is 8.49. The summed E-state index contributed by atoms with van der Waals surface area (Å²) in [5.74, 6) is 0.758. The third kappa shape index (κ3) is 10.8. The van der Waals surface area contributed by atoms with Crippen molar-refractivity contribution < 1.29 is 31.1 Å². The Bertz CT molecular complexity index is 888. The summed E-state index contributed by atoms with van der Waals surface area (Å²) in [4.78, 5) is 1.03. The highest BCUT2D eigenvalue weighted by Gasteiger charge is 2.31. The average molecular weight is 630 g/mol. The van der Waals surface area contributed by atoms with Crippen LogP contribution in [-0.2, 0) is 17.1 Å². The van der Waals surface area contributed by atoms with Crippen molar-refractivity contribution in [3.05, 3.63) is 56.5 Å². The molecule has 0 amide bonds. The van der Waals surface area contributed by atoms with E-state index in [-0.39, 0.29) is 4.38 Å². The molecule has 12 heteroatoms. The topological polar surface area (TPSA) is 9.23 Å². The Morgan fingerprint density at radius 3 is 1.71 bits per heavy atom. The maximum Gasteiger partial charge on any atom is 0.416 e. The summed E-state index contributed by atoms with van der Waals surface area (Å²) in [5, 5.41) is 0. The van der Waals surface area contributed by atoms with E-state index >= 15 is 0 Å². The van der Waals surface area contributed by atoms with Gasteiger partial charge in [0.15, 0.2) is 0 Å².